The molecule has 0 bridgehead atoms. The first-order valence-corrected chi connectivity index (χ1v) is 8.72. The third-order valence-electron chi connectivity index (χ3n) is 3.20. The van der Waals surface area contributed by atoms with Crippen LogP contribution in [-0.4, -0.2) is 35.9 Å². The van der Waals surface area contributed by atoms with Crippen LogP contribution in [0, 0.1) is 6.92 Å². The molecule has 0 saturated carbocycles. The van der Waals surface area contributed by atoms with Gasteiger partial charge in [0, 0.05) is 11.0 Å². The molecule has 100 valence electrons. The van der Waals surface area contributed by atoms with Gasteiger partial charge in [0.25, 0.3) is 0 Å². The second-order valence-electron chi connectivity index (χ2n) is 4.46. The Morgan fingerprint density at radius 2 is 2.00 bits per heavy atom. The molecule has 1 heterocycles. The van der Waals surface area contributed by atoms with E-state index in [0.717, 1.165) is 5.56 Å². The van der Waals surface area contributed by atoms with E-state index < -0.39 is 22.2 Å². The monoisotopic (exact) mass is 383 g/mol. The van der Waals surface area contributed by atoms with E-state index in [1.54, 1.807) is 24.3 Å². The highest BCUT2D eigenvalue weighted by Gasteiger charge is 2.41. The zero-order valence-corrected chi connectivity index (χ0v) is 13.0. The highest BCUT2D eigenvalue weighted by molar-refractivity contribution is 14.1. The van der Waals surface area contributed by atoms with Crippen molar-refractivity contribution in [2.24, 2.45) is 0 Å². The summed E-state index contributed by atoms with van der Waals surface area (Å²) >= 11 is 2.04. The predicted octanol–water partition coefficient (Wildman–Crippen LogP) is 2.53. The third-order valence-corrected chi connectivity index (χ3v) is 6.04. The van der Waals surface area contributed by atoms with Crippen molar-refractivity contribution in [3.63, 3.8) is 0 Å². The second kappa shape index (κ2) is 5.42. The fourth-order valence-corrected chi connectivity index (χ4v) is 5.06. The van der Waals surface area contributed by atoms with Gasteiger partial charge in [0.15, 0.2) is 0 Å². The Kier molecular flexibility index (Phi) is 4.28. The molecule has 1 aliphatic rings. The standard InChI is InChI=1S/C12H15FINO2S/c1-9-2-4-10(5-3-9)18(16,17)15-7-6-11(13)12(15)8-14/h2-5,11-12H,6-8H2,1H3/t11-,12+/m0/s1. The molecule has 0 N–H and O–H groups in total. The van der Waals surface area contributed by atoms with Gasteiger partial charge in [-0.2, -0.15) is 4.31 Å². The molecule has 0 spiro atoms. The summed E-state index contributed by atoms with van der Waals surface area (Å²) in [6.07, 6.45) is -0.763. The zero-order valence-electron chi connectivity index (χ0n) is 10.0. The molecule has 0 amide bonds. The van der Waals surface area contributed by atoms with Crippen molar-refractivity contribution in [1.29, 1.82) is 0 Å². The van der Waals surface area contributed by atoms with Crippen molar-refractivity contribution in [3.05, 3.63) is 29.8 Å². The minimum Gasteiger partial charge on any atom is -0.246 e. The lowest BCUT2D eigenvalue weighted by Crippen LogP contribution is -2.39. The van der Waals surface area contributed by atoms with Crippen molar-refractivity contribution < 1.29 is 12.8 Å². The van der Waals surface area contributed by atoms with E-state index in [9.17, 15) is 12.8 Å². The lowest BCUT2D eigenvalue weighted by molar-refractivity contribution is 0.280. The molecule has 0 radical (unpaired) electrons. The summed E-state index contributed by atoms with van der Waals surface area (Å²) in [7, 11) is -3.56. The molecule has 0 aliphatic carbocycles. The van der Waals surface area contributed by atoms with Crippen LogP contribution in [0.25, 0.3) is 0 Å². The molecule has 1 aromatic carbocycles. The molecule has 0 unspecified atom stereocenters. The van der Waals surface area contributed by atoms with Gasteiger partial charge in [-0.3, -0.25) is 0 Å². The highest BCUT2D eigenvalue weighted by Crippen LogP contribution is 2.29. The van der Waals surface area contributed by atoms with Crippen LogP contribution in [0.15, 0.2) is 29.2 Å². The quantitative estimate of drug-likeness (QED) is 0.594. The maximum Gasteiger partial charge on any atom is 0.243 e. The summed E-state index contributed by atoms with van der Waals surface area (Å²) in [6.45, 7) is 2.17. The van der Waals surface area contributed by atoms with Gasteiger partial charge < -0.3 is 0 Å². The summed E-state index contributed by atoms with van der Waals surface area (Å²) in [6, 6.07) is 6.15. The average molecular weight is 383 g/mol. The summed E-state index contributed by atoms with van der Waals surface area (Å²) in [5, 5.41) is 0. The number of rotatable bonds is 3. The van der Waals surface area contributed by atoms with Crippen molar-refractivity contribution >= 4 is 32.6 Å². The largest absolute Gasteiger partial charge is 0.246 e. The Balaban J connectivity index is 2.34. The first-order valence-electron chi connectivity index (χ1n) is 5.75. The van der Waals surface area contributed by atoms with Crippen molar-refractivity contribution in [2.75, 3.05) is 11.0 Å². The van der Waals surface area contributed by atoms with E-state index in [-0.39, 0.29) is 11.4 Å². The third kappa shape index (κ3) is 2.55. The molecule has 6 heteroatoms. The number of benzene rings is 1. The normalized spacial score (nSPS) is 25.5. The molecule has 1 aromatic rings. The second-order valence-corrected chi connectivity index (χ2v) is 7.23. The first-order chi connectivity index (χ1) is 8.46. The van der Waals surface area contributed by atoms with E-state index >= 15 is 0 Å². The van der Waals surface area contributed by atoms with E-state index in [1.165, 1.54) is 4.31 Å². The fraction of sp³-hybridized carbons (Fsp3) is 0.500. The molecular formula is C12H15FINO2S. The molecular weight excluding hydrogens is 368 g/mol. The Hall–Kier alpha value is -0.210. The summed E-state index contributed by atoms with van der Waals surface area (Å²) in [5.41, 5.74) is 1.00. The van der Waals surface area contributed by atoms with Gasteiger partial charge in [0.05, 0.1) is 10.9 Å². The number of hydrogen-bond donors (Lipinski definition) is 0. The number of aryl methyl sites for hydroxylation is 1. The lowest BCUT2D eigenvalue weighted by atomic mass is 10.2. The molecule has 1 saturated heterocycles. The van der Waals surface area contributed by atoms with E-state index in [1.807, 2.05) is 29.5 Å². The smallest absolute Gasteiger partial charge is 0.243 e. The first kappa shape index (κ1) is 14.2. The Labute approximate surface area is 121 Å². The fourth-order valence-electron chi connectivity index (χ4n) is 2.11. The van der Waals surface area contributed by atoms with Crippen LogP contribution in [0.3, 0.4) is 0 Å². The molecule has 2 atom stereocenters. The predicted molar refractivity (Wildman–Crippen MR) is 77.3 cm³/mol. The van der Waals surface area contributed by atoms with E-state index in [0.29, 0.717) is 10.8 Å². The van der Waals surface area contributed by atoms with Crippen LogP contribution < -0.4 is 0 Å². The van der Waals surface area contributed by atoms with Gasteiger partial charge >= 0.3 is 0 Å². The summed E-state index contributed by atoms with van der Waals surface area (Å²) in [5.74, 6) is 0. The van der Waals surface area contributed by atoms with Crippen LogP contribution in [-0.2, 0) is 10.0 Å². The number of sulfonamides is 1. The van der Waals surface area contributed by atoms with Gasteiger partial charge in [0.2, 0.25) is 10.0 Å². The van der Waals surface area contributed by atoms with Gasteiger partial charge in [-0.15, -0.1) is 0 Å². The van der Waals surface area contributed by atoms with Crippen molar-refractivity contribution in [2.45, 2.75) is 30.5 Å². The molecule has 18 heavy (non-hydrogen) atoms. The summed E-state index contributed by atoms with van der Waals surface area (Å²) < 4.78 is 40.2. The van der Waals surface area contributed by atoms with Crippen LogP contribution in [0.1, 0.15) is 12.0 Å². The Morgan fingerprint density at radius 3 is 2.56 bits per heavy atom. The van der Waals surface area contributed by atoms with Gasteiger partial charge in [-0.25, -0.2) is 12.8 Å². The van der Waals surface area contributed by atoms with E-state index in [4.69, 9.17) is 0 Å². The molecule has 0 aromatic heterocycles. The number of hydrogen-bond acceptors (Lipinski definition) is 2. The van der Waals surface area contributed by atoms with Gasteiger partial charge in [0.1, 0.15) is 6.17 Å². The Morgan fingerprint density at radius 1 is 1.39 bits per heavy atom. The number of halogens is 2. The van der Waals surface area contributed by atoms with E-state index in [2.05, 4.69) is 0 Å². The summed E-state index contributed by atoms with van der Waals surface area (Å²) in [4.78, 5) is 0.247. The Bertz CT molecular complexity index is 517. The van der Waals surface area contributed by atoms with Crippen molar-refractivity contribution in [3.8, 4) is 0 Å². The van der Waals surface area contributed by atoms with Crippen LogP contribution in [0.4, 0.5) is 4.39 Å². The SMILES string of the molecule is Cc1ccc(S(=O)(=O)N2CC[C@H](F)[C@H]2CI)cc1. The number of alkyl halides is 2. The average Bonchev–Trinajstić information content (AvgIpc) is 2.71. The molecule has 2 rings (SSSR count). The molecule has 1 aliphatic heterocycles. The molecule has 3 nitrogen and oxygen atoms in total. The zero-order chi connectivity index (χ0) is 13.3. The minimum absolute atomic E-state index is 0.247. The maximum absolute atomic E-state index is 13.6. The maximum atomic E-state index is 13.6. The minimum atomic E-state index is -3.56. The van der Waals surface area contributed by atoms with Crippen LogP contribution in [0.5, 0.6) is 0 Å². The van der Waals surface area contributed by atoms with Gasteiger partial charge in [-0.05, 0) is 25.5 Å². The highest BCUT2D eigenvalue weighted by atomic mass is 127. The van der Waals surface area contributed by atoms with Crippen LogP contribution >= 0.6 is 22.6 Å². The lowest BCUT2D eigenvalue weighted by Gasteiger charge is -2.23. The topological polar surface area (TPSA) is 37.4 Å². The van der Waals surface area contributed by atoms with Gasteiger partial charge in [-0.1, -0.05) is 40.3 Å². The number of nitrogens with zero attached hydrogens (tertiary/aromatic N) is 1. The van der Waals surface area contributed by atoms with Crippen LogP contribution in [0.2, 0.25) is 0 Å². The van der Waals surface area contributed by atoms with Crippen molar-refractivity contribution in [1.82, 2.24) is 4.31 Å². The molecule has 1 fully saturated rings.